The van der Waals surface area contributed by atoms with E-state index in [0.717, 1.165) is 24.2 Å². The van der Waals surface area contributed by atoms with Gasteiger partial charge in [-0.2, -0.15) is 0 Å². The molecule has 2 aromatic rings. The number of benzene rings is 1. The Morgan fingerprint density at radius 1 is 1.29 bits per heavy atom. The van der Waals surface area contributed by atoms with Crippen LogP contribution in [0.1, 0.15) is 50.0 Å². The lowest BCUT2D eigenvalue weighted by Gasteiger charge is -2.08. The fourth-order valence-corrected chi connectivity index (χ4v) is 2.40. The van der Waals surface area contributed by atoms with Gasteiger partial charge in [0.15, 0.2) is 0 Å². The van der Waals surface area contributed by atoms with E-state index in [-0.39, 0.29) is 0 Å². The predicted octanol–water partition coefficient (Wildman–Crippen LogP) is 3.97. The van der Waals surface area contributed by atoms with E-state index < -0.39 is 0 Å². The Morgan fingerprint density at radius 3 is 2.65 bits per heavy atom. The zero-order valence-electron chi connectivity index (χ0n) is 10.9. The third-order valence-corrected chi connectivity index (χ3v) is 3.61. The van der Waals surface area contributed by atoms with E-state index in [4.69, 9.17) is 10.2 Å². The second-order valence-corrected chi connectivity index (χ2v) is 4.59. The zero-order valence-corrected chi connectivity index (χ0v) is 10.9. The summed E-state index contributed by atoms with van der Waals surface area (Å²) in [4.78, 5) is 0. The molecular weight excluding hydrogens is 210 g/mol. The standard InChI is InChI=1S/C15H21NO/c1-4-10(3)12-7-6-8-13-11(5-2)14(9-16)17-15(12)13/h6-8,10H,4-5,9,16H2,1-3H3. The summed E-state index contributed by atoms with van der Waals surface area (Å²) >= 11 is 0. The lowest BCUT2D eigenvalue weighted by molar-refractivity contribution is 0.539. The van der Waals surface area contributed by atoms with Gasteiger partial charge in [0, 0.05) is 10.9 Å². The summed E-state index contributed by atoms with van der Waals surface area (Å²) < 4.78 is 5.97. The summed E-state index contributed by atoms with van der Waals surface area (Å²) in [6.07, 6.45) is 2.10. The van der Waals surface area contributed by atoms with E-state index >= 15 is 0 Å². The Labute approximate surface area is 103 Å². The maximum Gasteiger partial charge on any atom is 0.138 e. The molecule has 1 unspecified atom stereocenters. The van der Waals surface area contributed by atoms with Gasteiger partial charge in [0.05, 0.1) is 6.54 Å². The molecule has 2 rings (SSSR count). The van der Waals surface area contributed by atoms with Crippen molar-refractivity contribution in [3.63, 3.8) is 0 Å². The highest BCUT2D eigenvalue weighted by Crippen LogP contribution is 2.33. The first kappa shape index (κ1) is 12.2. The molecule has 0 aliphatic carbocycles. The smallest absolute Gasteiger partial charge is 0.138 e. The van der Waals surface area contributed by atoms with Crippen molar-refractivity contribution in [2.75, 3.05) is 0 Å². The van der Waals surface area contributed by atoms with Gasteiger partial charge in [-0.3, -0.25) is 0 Å². The molecule has 2 heteroatoms. The predicted molar refractivity (Wildman–Crippen MR) is 72.2 cm³/mol. The van der Waals surface area contributed by atoms with Crippen molar-refractivity contribution in [2.45, 2.75) is 46.1 Å². The molecule has 2 N–H and O–H groups in total. The maximum absolute atomic E-state index is 5.97. The van der Waals surface area contributed by atoms with Crippen molar-refractivity contribution < 1.29 is 4.42 Å². The van der Waals surface area contributed by atoms with Crippen LogP contribution < -0.4 is 5.73 Å². The second-order valence-electron chi connectivity index (χ2n) is 4.59. The normalized spacial score (nSPS) is 13.2. The molecule has 1 atom stereocenters. The molecule has 0 spiro atoms. The van der Waals surface area contributed by atoms with Gasteiger partial charge < -0.3 is 10.2 Å². The average molecular weight is 231 g/mol. The molecular formula is C15H21NO. The lowest BCUT2D eigenvalue weighted by Crippen LogP contribution is -1.97. The van der Waals surface area contributed by atoms with Crippen LogP contribution in [0.4, 0.5) is 0 Å². The van der Waals surface area contributed by atoms with E-state index in [2.05, 4.69) is 39.0 Å². The van der Waals surface area contributed by atoms with Gasteiger partial charge in [-0.15, -0.1) is 0 Å². The molecule has 0 aliphatic rings. The molecule has 1 aromatic heterocycles. The summed E-state index contributed by atoms with van der Waals surface area (Å²) in [6.45, 7) is 7.08. The number of fused-ring (bicyclic) bond motifs is 1. The molecule has 0 saturated heterocycles. The third-order valence-electron chi connectivity index (χ3n) is 3.61. The van der Waals surface area contributed by atoms with Crippen LogP contribution in [0.2, 0.25) is 0 Å². The monoisotopic (exact) mass is 231 g/mol. The van der Waals surface area contributed by atoms with E-state index in [0.29, 0.717) is 12.5 Å². The number of furan rings is 1. The van der Waals surface area contributed by atoms with Crippen molar-refractivity contribution in [1.82, 2.24) is 0 Å². The van der Waals surface area contributed by atoms with Crippen LogP contribution in [0.25, 0.3) is 11.0 Å². The van der Waals surface area contributed by atoms with Crippen LogP contribution in [-0.4, -0.2) is 0 Å². The number of hydrogen-bond donors (Lipinski definition) is 1. The molecule has 0 bridgehead atoms. The van der Waals surface area contributed by atoms with E-state index in [1.165, 1.54) is 16.5 Å². The zero-order chi connectivity index (χ0) is 12.4. The largest absolute Gasteiger partial charge is 0.459 e. The van der Waals surface area contributed by atoms with E-state index in [9.17, 15) is 0 Å². The molecule has 92 valence electrons. The van der Waals surface area contributed by atoms with Gasteiger partial charge in [-0.05, 0) is 24.3 Å². The van der Waals surface area contributed by atoms with Crippen molar-refractivity contribution in [1.29, 1.82) is 0 Å². The summed E-state index contributed by atoms with van der Waals surface area (Å²) in [5, 5.41) is 1.24. The molecule has 0 amide bonds. The molecule has 17 heavy (non-hydrogen) atoms. The Balaban J connectivity index is 2.69. The average Bonchev–Trinajstić information content (AvgIpc) is 2.74. The first-order chi connectivity index (χ1) is 8.22. The first-order valence-electron chi connectivity index (χ1n) is 6.46. The van der Waals surface area contributed by atoms with Crippen LogP contribution in [0.3, 0.4) is 0 Å². The highest BCUT2D eigenvalue weighted by Gasteiger charge is 2.16. The summed E-state index contributed by atoms with van der Waals surface area (Å²) in [7, 11) is 0. The quantitative estimate of drug-likeness (QED) is 0.864. The van der Waals surface area contributed by atoms with Gasteiger partial charge in [-0.1, -0.05) is 39.0 Å². The number of para-hydroxylation sites is 1. The van der Waals surface area contributed by atoms with Crippen molar-refractivity contribution >= 4 is 11.0 Å². The van der Waals surface area contributed by atoms with Gasteiger partial charge in [0.25, 0.3) is 0 Å². The van der Waals surface area contributed by atoms with Crippen molar-refractivity contribution in [2.24, 2.45) is 5.73 Å². The minimum Gasteiger partial charge on any atom is -0.459 e. The molecule has 0 aliphatic heterocycles. The Kier molecular flexibility index (Phi) is 3.53. The molecule has 0 fully saturated rings. The topological polar surface area (TPSA) is 39.2 Å². The number of aryl methyl sites for hydroxylation is 1. The number of nitrogens with two attached hydrogens (primary N) is 1. The Hall–Kier alpha value is -1.28. The van der Waals surface area contributed by atoms with Crippen molar-refractivity contribution in [3.8, 4) is 0 Å². The summed E-state index contributed by atoms with van der Waals surface area (Å²) in [6, 6.07) is 6.43. The third kappa shape index (κ3) is 1.98. The highest BCUT2D eigenvalue weighted by molar-refractivity contribution is 5.85. The minimum atomic E-state index is 0.484. The Bertz CT molecular complexity index is 513. The molecule has 1 heterocycles. The number of rotatable bonds is 4. The maximum atomic E-state index is 5.97. The van der Waals surface area contributed by atoms with Gasteiger partial charge in [0.1, 0.15) is 11.3 Å². The lowest BCUT2D eigenvalue weighted by atomic mass is 9.96. The second kappa shape index (κ2) is 4.92. The van der Waals surface area contributed by atoms with Crippen LogP contribution in [0.5, 0.6) is 0 Å². The fourth-order valence-electron chi connectivity index (χ4n) is 2.40. The molecule has 0 saturated carbocycles. The molecule has 0 radical (unpaired) electrons. The van der Waals surface area contributed by atoms with E-state index in [1.54, 1.807) is 0 Å². The van der Waals surface area contributed by atoms with Gasteiger partial charge >= 0.3 is 0 Å². The first-order valence-corrected chi connectivity index (χ1v) is 6.46. The SMILES string of the molecule is CCc1c(CN)oc2c(C(C)CC)cccc12. The van der Waals surface area contributed by atoms with Crippen LogP contribution in [0.15, 0.2) is 22.6 Å². The highest BCUT2D eigenvalue weighted by atomic mass is 16.3. The fraction of sp³-hybridized carbons (Fsp3) is 0.467. The molecule has 2 nitrogen and oxygen atoms in total. The number of hydrogen-bond acceptors (Lipinski definition) is 2. The van der Waals surface area contributed by atoms with Gasteiger partial charge in [0.2, 0.25) is 0 Å². The minimum absolute atomic E-state index is 0.484. The summed E-state index contributed by atoms with van der Waals surface area (Å²) in [5.74, 6) is 1.47. The summed E-state index contributed by atoms with van der Waals surface area (Å²) in [5.41, 5.74) is 9.37. The van der Waals surface area contributed by atoms with Crippen molar-refractivity contribution in [3.05, 3.63) is 35.1 Å². The molecule has 1 aromatic carbocycles. The van der Waals surface area contributed by atoms with E-state index in [1.807, 2.05) is 0 Å². The Morgan fingerprint density at radius 2 is 2.06 bits per heavy atom. The van der Waals surface area contributed by atoms with Crippen LogP contribution >= 0.6 is 0 Å². The van der Waals surface area contributed by atoms with Crippen LogP contribution in [0, 0.1) is 0 Å². The van der Waals surface area contributed by atoms with Crippen LogP contribution in [-0.2, 0) is 13.0 Å². The van der Waals surface area contributed by atoms with Gasteiger partial charge in [-0.25, -0.2) is 0 Å².